The Morgan fingerprint density at radius 1 is 0.622 bits per heavy atom. The van der Waals surface area contributed by atoms with Gasteiger partial charge in [-0.05, 0) is 65.4 Å². The molecule has 2 aromatic heterocycles. The van der Waals surface area contributed by atoms with Gasteiger partial charge >= 0.3 is 0 Å². The first-order valence-electron chi connectivity index (χ1n) is 15.1. The van der Waals surface area contributed by atoms with Crippen LogP contribution in [-0.2, 0) is 6.54 Å². The van der Waals surface area contributed by atoms with Crippen molar-refractivity contribution in [2.75, 3.05) is 4.90 Å². The Bertz CT molecular complexity index is 2450. The Labute approximate surface area is 260 Å². The van der Waals surface area contributed by atoms with Crippen LogP contribution in [0.25, 0.3) is 66.2 Å². The fourth-order valence-corrected chi connectivity index (χ4v) is 6.91. The minimum absolute atomic E-state index is 0.681. The van der Waals surface area contributed by atoms with E-state index in [1.807, 2.05) is 36.5 Å². The Kier molecular flexibility index (Phi) is 5.69. The van der Waals surface area contributed by atoms with Crippen molar-refractivity contribution in [3.63, 3.8) is 0 Å². The smallest absolute Gasteiger partial charge is 0.143 e. The summed E-state index contributed by atoms with van der Waals surface area (Å²) in [5, 5.41) is 3.41. The van der Waals surface area contributed by atoms with Crippen molar-refractivity contribution in [2.45, 2.75) is 6.54 Å². The van der Waals surface area contributed by atoms with E-state index in [1.165, 1.54) is 16.7 Å². The number of aromatic nitrogens is 1. The Morgan fingerprint density at radius 3 is 2.38 bits per heavy atom. The summed E-state index contributed by atoms with van der Waals surface area (Å²) in [6.45, 7) is 4.56. The van der Waals surface area contributed by atoms with Gasteiger partial charge in [-0.3, -0.25) is 9.98 Å². The maximum absolute atomic E-state index is 6.38. The number of nitrogens with zero attached hydrogens (tertiary/aromatic N) is 3. The number of rotatable bonds is 4. The molecule has 45 heavy (non-hydrogen) atoms. The van der Waals surface area contributed by atoms with Crippen LogP contribution in [0.5, 0.6) is 0 Å². The predicted molar refractivity (Wildman–Crippen MR) is 187 cm³/mol. The average Bonchev–Trinajstić information content (AvgIpc) is 3.50. The van der Waals surface area contributed by atoms with E-state index in [4.69, 9.17) is 9.40 Å². The Morgan fingerprint density at radius 2 is 1.42 bits per heavy atom. The maximum atomic E-state index is 6.38. The molecule has 8 aromatic rings. The van der Waals surface area contributed by atoms with E-state index in [9.17, 15) is 0 Å². The average molecular weight is 578 g/mol. The van der Waals surface area contributed by atoms with E-state index < -0.39 is 0 Å². The zero-order chi connectivity index (χ0) is 29.9. The molecule has 0 amide bonds. The molecule has 9 rings (SSSR count). The SMILES string of the molecule is C=Nc1ccccc1N1Cc2c(ccc3cccnc23)-c2ccc(-c3cccc(-c4cccc5c4oc4ccccc45)c3)cc21. The number of furan rings is 1. The lowest BCUT2D eigenvalue weighted by Gasteiger charge is -2.34. The fraction of sp³-hybridized carbons (Fsp3) is 0.0244. The van der Waals surface area contributed by atoms with Crippen molar-refractivity contribution < 1.29 is 4.42 Å². The molecule has 0 N–H and O–H groups in total. The van der Waals surface area contributed by atoms with E-state index in [2.05, 4.69) is 120 Å². The molecule has 212 valence electrons. The summed E-state index contributed by atoms with van der Waals surface area (Å²) in [5.74, 6) is 0. The van der Waals surface area contributed by atoms with E-state index >= 15 is 0 Å². The lowest BCUT2D eigenvalue weighted by atomic mass is 9.88. The summed E-state index contributed by atoms with van der Waals surface area (Å²) in [6.07, 6.45) is 1.88. The molecule has 0 saturated carbocycles. The van der Waals surface area contributed by atoms with Gasteiger partial charge in [0.25, 0.3) is 0 Å². The third-order valence-corrected chi connectivity index (χ3v) is 9.03. The topological polar surface area (TPSA) is 41.6 Å². The summed E-state index contributed by atoms with van der Waals surface area (Å²) < 4.78 is 6.38. The number of hydrogen-bond acceptors (Lipinski definition) is 4. The first-order valence-corrected chi connectivity index (χ1v) is 15.1. The molecule has 1 aliphatic rings. The lowest BCUT2D eigenvalue weighted by molar-refractivity contribution is 0.670. The van der Waals surface area contributed by atoms with Gasteiger partial charge in [-0.1, -0.05) is 97.1 Å². The highest BCUT2D eigenvalue weighted by molar-refractivity contribution is 6.09. The van der Waals surface area contributed by atoms with E-state index in [0.29, 0.717) is 6.54 Å². The highest BCUT2D eigenvalue weighted by Crippen LogP contribution is 2.48. The molecule has 6 aromatic carbocycles. The first kappa shape index (κ1) is 25.5. The van der Waals surface area contributed by atoms with Crippen LogP contribution in [0.3, 0.4) is 0 Å². The number of para-hydroxylation sites is 4. The summed E-state index contributed by atoms with van der Waals surface area (Å²) in [4.78, 5) is 11.6. The third-order valence-electron chi connectivity index (χ3n) is 9.03. The van der Waals surface area contributed by atoms with Gasteiger partial charge in [0, 0.05) is 39.0 Å². The summed E-state index contributed by atoms with van der Waals surface area (Å²) in [7, 11) is 0. The molecule has 0 saturated heterocycles. The van der Waals surface area contributed by atoms with Crippen molar-refractivity contribution in [3.05, 3.63) is 145 Å². The van der Waals surface area contributed by atoms with Crippen molar-refractivity contribution >= 4 is 56.6 Å². The zero-order valence-corrected chi connectivity index (χ0v) is 24.4. The summed E-state index contributed by atoms with van der Waals surface area (Å²) in [6, 6.07) is 46.9. The Balaban J connectivity index is 1.22. The number of benzene rings is 6. The molecule has 0 atom stereocenters. The van der Waals surface area contributed by atoms with Gasteiger partial charge in [0.15, 0.2) is 0 Å². The number of pyridine rings is 1. The molecule has 0 unspecified atom stereocenters. The van der Waals surface area contributed by atoms with E-state index in [1.54, 1.807) is 0 Å². The maximum Gasteiger partial charge on any atom is 0.143 e. The van der Waals surface area contributed by atoms with Gasteiger partial charge in [0.1, 0.15) is 11.2 Å². The van der Waals surface area contributed by atoms with Crippen molar-refractivity contribution in [3.8, 4) is 33.4 Å². The molecule has 0 aliphatic carbocycles. The molecule has 3 heterocycles. The van der Waals surface area contributed by atoms with Crippen LogP contribution in [0.2, 0.25) is 0 Å². The van der Waals surface area contributed by atoms with Crippen molar-refractivity contribution in [1.29, 1.82) is 0 Å². The molecular weight excluding hydrogens is 550 g/mol. The Hall–Kier alpha value is -6.00. The summed E-state index contributed by atoms with van der Waals surface area (Å²) >= 11 is 0. The molecule has 0 bridgehead atoms. The predicted octanol–water partition coefficient (Wildman–Crippen LogP) is 11.1. The molecule has 1 aliphatic heterocycles. The van der Waals surface area contributed by atoms with Crippen molar-refractivity contribution in [2.24, 2.45) is 4.99 Å². The summed E-state index contributed by atoms with van der Waals surface area (Å²) in [5.41, 5.74) is 14.0. The van der Waals surface area contributed by atoms with Crippen LogP contribution in [0, 0.1) is 0 Å². The molecule has 4 nitrogen and oxygen atoms in total. The third kappa shape index (κ3) is 4.00. The number of hydrogen-bond donors (Lipinski definition) is 0. The van der Waals surface area contributed by atoms with E-state index in [-0.39, 0.29) is 0 Å². The van der Waals surface area contributed by atoms with Crippen LogP contribution in [0.15, 0.2) is 149 Å². The van der Waals surface area contributed by atoms with Crippen LogP contribution in [-0.4, -0.2) is 11.7 Å². The standard InChI is InChI=1S/C41H27N3O/c1-42-36-15-3-4-16-37(36)44-25-35-31(20-18-26-11-8-22-43-40(26)35)32-21-19-28(24-38(32)44)27-9-6-10-29(23-27)30-13-7-14-34-33-12-2-5-17-39(33)45-41(30)34/h2-24H,1,25H2. The molecule has 0 spiro atoms. The van der Waals surface area contributed by atoms with Crippen LogP contribution >= 0.6 is 0 Å². The minimum Gasteiger partial charge on any atom is -0.455 e. The molecule has 0 fully saturated rings. The van der Waals surface area contributed by atoms with Gasteiger partial charge in [0.05, 0.1) is 29.1 Å². The first-order chi connectivity index (χ1) is 22.3. The highest BCUT2D eigenvalue weighted by Gasteiger charge is 2.27. The second-order valence-corrected chi connectivity index (χ2v) is 11.5. The second-order valence-electron chi connectivity index (χ2n) is 11.5. The van der Waals surface area contributed by atoms with Gasteiger partial charge in [-0.15, -0.1) is 0 Å². The second kappa shape index (κ2) is 10.0. The molecule has 0 radical (unpaired) electrons. The molecule has 4 heteroatoms. The van der Waals surface area contributed by atoms with Crippen molar-refractivity contribution in [1.82, 2.24) is 4.98 Å². The van der Waals surface area contributed by atoms with Crippen LogP contribution < -0.4 is 4.90 Å². The number of aliphatic imine (C=N–C) groups is 1. The highest BCUT2D eigenvalue weighted by atomic mass is 16.3. The van der Waals surface area contributed by atoms with Crippen LogP contribution in [0.4, 0.5) is 17.1 Å². The van der Waals surface area contributed by atoms with Gasteiger partial charge in [-0.2, -0.15) is 0 Å². The van der Waals surface area contributed by atoms with Gasteiger partial charge < -0.3 is 9.32 Å². The van der Waals surface area contributed by atoms with Gasteiger partial charge in [0.2, 0.25) is 0 Å². The lowest BCUT2D eigenvalue weighted by Crippen LogP contribution is -2.22. The quantitative estimate of drug-likeness (QED) is 0.195. The fourth-order valence-electron chi connectivity index (χ4n) is 6.91. The van der Waals surface area contributed by atoms with Crippen LogP contribution in [0.1, 0.15) is 5.56 Å². The van der Waals surface area contributed by atoms with Gasteiger partial charge in [-0.25, -0.2) is 0 Å². The minimum atomic E-state index is 0.681. The number of fused-ring (bicyclic) bond motifs is 8. The zero-order valence-electron chi connectivity index (χ0n) is 24.4. The number of anilines is 2. The largest absolute Gasteiger partial charge is 0.455 e. The normalized spacial score (nSPS) is 12.4. The van der Waals surface area contributed by atoms with E-state index in [0.717, 1.165) is 72.2 Å². The monoisotopic (exact) mass is 577 g/mol. The molecular formula is C41H27N3O.